The van der Waals surface area contributed by atoms with Crippen LogP contribution in [0.5, 0.6) is 0 Å². The van der Waals surface area contributed by atoms with Crippen molar-refractivity contribution in [3.8, 4) is 0 Å². The Kier molecular flexibility index (Phi) is 5.18. The Hall–Kier alpha value is -1.68. The molecule has 0 radical (unpaired) electrons. The van der Waals surface area contributed by atoms with E-state index in [1.165, 1.54) is 6.92 Å². The van der Waals surface area contributed by atoms with Gasteiger partial charge in [-0.1, -0.05) is 6.92 Å². The molecule has 0 heterocycles. The normalized spacial score (nSPS) is 14.1. The first-order valence-corrected chi connectivity index (χ1v) is 7.37. The number of benzene rings is 1. The first-order valence-electron chi connectivity index (χ1n) is 5.93. The van der Waals surface area contributed by atoms with Crippen LogP contribution >= 0.6 is 0 Å². The second-order valence-electron chi connectivity index (χ2n) is 4.66. The third-order valence-electron chi connectivity index (χ3n) is 2.90. The van der Waals surface area contributed by atoms with E-state index in [0.29, 0.717) is 16.4 Å². The van der Waals surface area contributed by atoms with Gasteiger partial charge in [0, 0.05) is 13.6 Å². The van der Waals surface area contributed by atoms with E-state index in [4.69, 9.17) is 5.11 Å². The molecule has 0 amide bonds. The summed E-state index contributed by atoms with van der Waals surface area (Å²) in [5.74, 6) is -3.90. The number of halogens is 4. The highest BCUT2D eigenvalue weighted by molar-refractivity contribution is 7.89. The van der Waals surface area contributed by atoms with E-state index in [2.05, 4.69) is 0 Å². The van der Waals surface area contributed by atoms with Crippen molar-refractivity contribution in [3.63, 3.8) is 0 Å². The zero-order valence-electron chi connectivity index (χ0n) is 11.6. The molecular formula is C12H13F4NO4S. The third kappa shape index (κ3) is 3.95. The van der Waals surface area contributed by atoms with Crippen LogP contribution in [0.3, 0.4) is 0 Å². The van der Waals surface area contributed by atoms with Gasteiger partial charge >= 0.3 is 12.1 Å². The SMILES string of the molecule is CC(CN(C)S(=O)(=O)c1ccc(F)c(C(F)(F)F)c1)C(=O)O. The van der Waals surface area contributed by atoms with Crippen molar-refractivity contribution in [2.45, 2.75) is 18.0 Å². The van der Waals surface area contributed by atoms with Gasteiger partial charge in [0.25, 0.3) is 0 Å². The molecule has 0 fully saturated rings. The Balaban J connectivity index is 3.21. The van der Waals surface area contributed by atoms with Crippen LogP contribution in [-0.2, 0) is 21.0 Å². The maximum Gasteiger partial charge on any atom is 0.419 e. The van der Waals surface area contributed by atoms with Gasteiger partial charge in [-0.05, 0) is 18.2 Å². The number of aliphatic carboxylic acids is 1. The number of carbonyl (C=O) groups is 1. The molecule has 10 heteroatoms. The van der Waals surface area contributed by atoms with Gasteiger partial charge in [-0.3, -0.25) is 4.79 Å². The molecule has 0 aliphatic heterocycles. The second-order valence-corrected chi connectivity index (χ2v) is 6.71. The number of hydrogen-bond acceptors (Lipinski definition) is 3. The summed E-state index contributed by atoms with van der Waals surface area (Å²) in [6.45, 7) is 0.816. The van der Waals surface area contributed by atoms with Crippen LogP contribution in [0.2, 0.25) is 0 Å². The molecule has 0 aromatic heterocycles. The van der Waals surface area contributed by atoms with E-state index < -0.39 is 50.9 Å². The topological polar surface area (TPSA) is 74.7 Å². The van der Waals surface area contributed by atoms with Crippen LogP contribution < -0.4 is 0 Å². The van der Waals surface area contributed by atoms with Crippen molar-refractivity contribution in [2.75, 3.05) is 13.6 Å². The van der Waals surface area contributed by atoms with Gasteiger partial charge in [0.2, 0.25) is 10.0 Å². The fourth-order valence-electron chi connectivity index (χ4n) is 1.62. The third-order valence-corrected chi connectivity index (χ3v) is 4.72. The summed E-state index contributed by atoms with van der Waals surface area (Å²) >= 11 is 0. The van der Waals surface area contributed by atoms with Gasteiger partial charge in [0.05, 0.1) is 16.4 Å². The minimum atomic E-state index is -5.04. The van der Waals surface area contributed by atoms with E-state index in [-0.39, 0.29) is 6.07 Å². The second kappa shape index (κ2) is 6.21. The van der Waals surface area contributed by atoms with Crippen molar-refractivity contribution in [3.05, 3.63) is 29.6 Å². The summed E-state index contributed by atoms with van der Waals surface area (Å²) in [6.07, 6.45) is -5.04. The number of carboxylic acid groups (broad SMARTS) is 1. The molecule has 1 N–H and O–H groups in total. The number of carboxylic acids is 1. The summed E-state index contributed by atoms with van der Waals surface area (Å²) in [5, 5.41) is 8.73. The fourth-order valence-corrected chi connectivity index (χ4v) is 2.91. The van der Waals surface area contributed by atoms with E-state index in [1.54, 1.807) is 0 Å². The van der Waals surface area contributed by atoms with E-state index in [9.17, 15) is 30.8 Å². The zero-order valence-corrected chi connectivity index (χ0v) is 12.4. The number of hydrogen-bond donors (Lipinski definition) is 1. The Morgan fingerprint density at radius 3 is 2.36 bits per heavy atom. The lowest BCUT2D eigenvalue weighted by molar-refractivity contribution is -0.141. The van der Waals surface area contributed by atoms with Gasteiger partial charge < -0.3 is 5.11 Å². The standard InChI is InChI=1S/C12H13F4NO4S/c1-7(11(18)19)6-17(2)22(20,21)8-3-4-10(13)9(5-8)12(14,15)16/h3-5,7H,6H2,1-2H3,(H,18,19). The van der Waals surface area contributed by atoms with Gasteiger partial charge in [-0.15, -0.1) is 0 Å². The summed E-state index contributed by atoms with van der Waals surface area (Å²) in [5.41, 5.74) is -1.70. The number of alkyl halides is 3. The molecule has 0 bridgehead atoms. The monoisotopic (exact) mass is 343 g/mol. The number of nitrogens with zero attached hydrogens (tertiary/aromatic N) is 1. The predicted octanol–water partition coefficient (Wildman–Crippen LogP) is 2.19. The lowest BCUT2D eigenvalue weighted by Crippen LogP contribution is -2.33. The smallest absolute Gasteiger partial charge is 0.419 e. The van der Waals surface area contributed by atoms with Crippen LogP contribution in [0.25, 0.3) is 0 Å². The maximum atomic E-state index is 13.2. The molecule has 1 aromatic carbocycles. The van der Waals surface area contributed by atoms with Crippen molar-refractivity contribution in [1.82, 2.24) is 4.31 Å². The van der Waals surface area contributed by atoms with E-state index >= 15 is 0 Å². The van der Waals surface area contributed by atoms with E-state index in [1.807, 2.05) is 0 Å². The van der Waals surface area contributed by atoms with Crippen LogP contribution in [0.15, 0.2) is 23.1 Å². The first kappa shape index (κ1) is 18.4. The van der Waals surface area contributed by atoms with Gasteiger partial charge in [0.15, 0.2) is 0 Å². The minimum absolute atomic E-state index is 0.187. The van der Waals surface area contributed by atoms with Gasteiger partial charge in [0.1, 0.15) is 5.82 Å². The molecule has 1 unspecified atom stereocenters. The van der Waals surface area contributed by atoms with Gasteiger partial charge in [-0.25, -0.2) is 17.1 Å². The quantitative estimate of drug-likeness (QED) is 0.832. The average molecular weight is 343 g/mol. The van der Waals surface area contributed by atoms with Crippen LogP contribution in [0.4, 0.5) is 17.6 Å². The minimum Gasteiger partial charge on any atom is -0.481 e. The summed E-state index contributed by atoms with van der Waals surface area (Å²) < 4.78 is 75.8. The Morgan fingerprint density at radius 2 is 1.91 bits per heavy atom. The lowest BCUT2D eigenvalue weighted by Gasteiger charge is -2.20. The predicted molar refractivity (Wildman–Crippen MR) is 68.0 cm³/mol. The molecule has 1 aromatic rings. The number of sulfonamides is 1. The summed E-state index contributed by atoms with van der Waals surface area (Å²) in [7, 11) is -3.33. The maximum absolute atomic E-state index is 13.2. The Labute approximate surface area is 124 Å². The van der Waals surface area contributed by atoms with Crippen LogP contribution in [0, 0.1) is 11.7 Å². The summed E-state index contributed by atoms with van der Waals surface area (Å²) in [4.78, 5) is 9.95. The fraction of sp³-hybridized carbons (Fsp3) is 0.417. The van der Waals surface area contributed by atoms with Crippen LogP contribution in [-0.4, -0.2) is 37.4 Å². The molecule has 1 rings (SSSR count). The molecule has 22 heavy (non-hydrogen) atoms. The first-order chi connectivity index (χ1) is 9.87. The molecule has 1 atom stereocenters. The van der Waals surface area contributed by atoms with Crippen molar-refractivity contribution < 1.29 is 35.9 Å². The highest BCUT2D eigenvalue weighted by Crippen LogP contribution is 2.33. The molecule has 0 spiro atoms. The average Bonchev–Trinajstić information content (AvgIpc) is 2.37. The molecule has 5 nitrogen and oxygen atoms in total. The van der Waals surface area contributed by atoms with Crippen molar-refractivity contribution >= 4 is 16.0 Å². The lowest BCUT2D eigenvalue weighted by atomic mass is 10.2. The molecular weight excluding hydrogens is 330 g/mol. The molecule has 0 aliphatic rings. The summed E-state index contributed by atoms with van der Waals surface area (Å²) in [6, 6.07) is 1.29. The highest BCUT2D eigenvalue weighted by Gasteiger charge is 2.36. The van der Waals surface area contributed by atoms with Crippen molar-refractivity contribution in [1.29, 1.82) is 0 Å². The molecule has 0 saturated heterocycles. The van der Waals surface area contributed by atoms with Crippen molar-refractivity contribution in [2.24, 2.45) is 5.92 Å². The number of rotatable bonds is 5. The van der Waals surface area contributed by atoms with Gasteiger partial charge in [-0.2, -0.15) is 13.2 Å². The molecule has 0 aliphatic carbocycles. The Bertz CT molecular complexity index is 672. The molecule has 0 saturated carbocycles. The van der Waals surface area contributed by atoms with Crippen LogP contribution in [0.1, 0.15) is 12.5 Å². The highest BCUT2D eigenvalue weighted by atomic mass is 32.2. The largest absolute Gasteiger partial charge is 0.481 e. The van der Waals surface area contributed by atoms with E-state index in [0.717, 1.165) is 7.05 Å². The Morgan fingerprint density at radius 1 is 1.36 bits per heavy atom. The molecule has 124 valence electrons. The zero-order chi connectivity index (χ0) is 17.3.